The van der Waals surface area contributed by atoms with Crippen molar-refractivity contribution in [3.8, 4) is 17.3 Å². The molecular formula is C19H22N4O2S. The van der Waals surface area contributed by atoms with E-state index in [4.69, 9.17) is 15.5 Å². The molecule has 0 bridgehead atoms. The van der Waals surface area contributed by atoms with Crippen LogP contribution in [0.25, 0.3) is 11.3 Å². The molecule has 1 heterocycles. The molecule has 6 nitrogen and oxygen atoms in total. The highest BCUT2D eigenvalue weighted by Gasteiger charge is 2.26. The lowest BCUT2D eigenvalue weighted by molar-refractivity contribution is 0.471. The molecule has 3 rings (SSSR count). The van der Waals surface area contributed by atoms with Crippen LogP contribution in [0.3, 0.4) is 0 Å². The van der Waals surface area contributed by atoms with Gasteiger partial charge in [-0.15, -0.1) is 0 Å². The van der Waals surface area contributed by atoms with Crippen molar-refractivity contribution in [1.29, 1.82) is 5.26 Å². The topological polar surface area (TPSA) is 102 Å². The fourth-order valence-electron chi connectivity index (χ4n) is 3.20. The molecule has 0 aliphatic heterocycles. The van der Waals surface area contributed by atoms with Gasteiger partial charge in [0.1, 0.15) is 0 Å². The van der Waals surface area contributed by atoms with Gasteiger partial charge in [0.25, 0.3) is 0 Å². The Morgan fingerprint density at radius 3 is 2.58 bits per heavy atom. The lowest BCUT2D eigenvalue weighted by Gasteiger charge is -2.23. The molecule has 1 aromatic carbocycles. The molecule has 2 N–H and O–H groups in total. The van der Waals surface area contributed by atoms with Gasteiger partial charge < -0.3 is 0 Å². The summed E-state index contributed by atoms with van der Waals surface area (Å²) in [5.41, 5.74) is 4.07. The van der Waals surface area contributed by atoms with Crippen LogP contribution in [0.2, 0.25) is 0 Å². The molecule has 0 fully saturated rings. The summed E-state index contributed by atoms with van der Waals surface area (Å²) in [7, 11) is -3.56. The second-order valence-corrected chi connectivity index (χ2v) is 8.43. The van der Waals surface area contributed by atoms with Crippen LogP contribution in [0, 0.1) is 18.3 Å². The first-order valence-electron chi connectivity index (χ1n) is 8.61. The molecule has 0 saturated heterocycles. The monoisotopic (exact) mass is 370 g/mol. The van der Waals surface area contributed by atoms with Crippen LogP contribution in [0.4, 0.5) is 0 Å². The third kappa shape index (κ3) is 4.03. The van der Waals surface area contributed by atoms with E-state index in [1.165, 1.54) is 5.56 Å². The lowest BCUT2D eigenvalue weighted by Crippen LogP contribution is -2.30. The first-order valence-corrected chi connectivity index (χ1v) is 10.2. The van der Waals surface area contributed by atoms with Gasteiger partial charge in [0.2, 0.25) is 10.0 Å². The number of primary sulfonamides is 1. The number of hydrogen-bond acceptors (Lipinski definition) is 4. The van der Waals surface area contributed by atoms with Crippen molar-refractivity contribution in [2.24, 2.45) is 5.14 Å². The summed E-state index contributed by atoms with van der Waals surface area (Å²) >= 11 is 0. The fraction of sp³-hybridized carbons (Fsp3) is 0.368. The average molecular weight is 370 g/mol. The third-order valence-corrected chi connectivity index (χ3v) is 5.89. The number of rotatable bonds is 5. The van der Waals surface area contributed by atoms with E-state index in [2.05, 4.69) is 30.3 Å². The van der Waals surface area contributed by atoms with E-state index in [0.29, 0.717) is 25.7 Å². The smallest absolute Gasteiger partial charge is 0.215 e. The van der Waals surface area contributed by atoms with E-state index in [0.717, 1.165) is 17.0 Å². The number of nitriles is 1. The van der Waals surface area contributed by atoms with Crippen LogP contribution in [0.1, 0.15) is 36.6 Å². The Morgan fingerprint density at radius 2 is 2.00 bits per heavy atom. The predicted octanol–water partition coefficient (Wildman–Crippen LogP) is 2.86. The molecule has 0 radical (unpaired) electrons. The zero-order valence-corrected chi connectivity index (χ0v) is 15.5. The number of sulfonamides is 1. The molecule has 0 spiro atoms. The molecular weight excluding hydrogens is 348 g/mol. The molecule has 2 unspecified atom stereocenters. The Bertz CT molecular complexity index is 952. The minimum atomic E-state index is -3.56. The second-order valence-electron chi connectivity index (χ2n) is 6.65. The van der Waals surface area contributed by atoms with Crippen LogP contribution in [0.15, 0.2) is 42.5 Å². The quantitative estimate of drug-likeness (QED) is 0.818. The number of aromatic nitrogens is 2. The molecule has 1 aromatic heterocycles. The number of nitrogens with zero attached hydrogens (tertiary/aromatic N) is 3. The Labute approximate surface area is 154 Å². The number of hydrogen-bond donors (Lipinski definition) is 1. The van der Waals surface area contributed by atoms with E-state index in [1.807, 2.05) is 23.7 Å². The van der Waals surface area contributed by atoms with Crippen LogP contribution in [-0.2, 0) is 16.4 Å². The predicted molar refractivity (Wildman–Crippen MR) is 101 cm³/mol. The molecule has 1 aliphatic rings. The highest BCUT2D eigenvalue weighted by Crippen LogP contribution is 2.31. The lowest BCUT2D eigenvalue weighted by atomic mass is 10.0. The molecule has 2 atom stereocenters. The summed E-state index contributed by atoms with van der Waals surface area (Å²) in [6.45, 7) is 2.04. The average Bonchev–Trinajstić information content (AvgIpc) is 3.04. The third-order valence-electron chi connectivity index (χ3n) is 4.66. The van der Waals surface area contributed by atoms with Crippen molar-refractivity contribution >= 4 is 10.0 Å². The van der Waals surface area contributed by atoms with Gasteiger partial charge in [-0.2, -0.15) is 10.4 Å². The maximum Gasteiger partial charge on any atom is 0.215 e. The first-order chi connectivity index (χ1) is 12.4. The molecule has 26 heavy (non-hydrogen) atoms. The molecule has 1 aliphatic carbocycles. The van der Waals surface area contributed by atoms with Gasteiger partial charge in [0.15, 0.2) is 0 Å². The largest absolute Gasteiger partial charge is 0.258 e. The minimum absolute atomic E-state index is 0.0276. The van der Waals surface area contributed by atoms with Gasteiger partial charge in [0.05, 0.1) is 28.7 Å². The maximum absolute atomic E-state index is 11.5. The minimum Gasteiger partial charge on any atom is -0.258 e. The van der Waals surface area contributed by atoms with Gasteiger partial charge in [-0.25, -0.2) is 13.6 Å². The Morgan fingerprint density at radius 1 is 1.27 bits per heavy atom. The molecule has 7 heteroatoms. The van der Waals surface area contributed by atoms with Crippen LogP contribution in [0.5, 0.6) is 0 Å². The Kier molecular flexibility index (Phi) is 5.25. The van der Waals surface area contributed by atoms with Gasteiger partial charge >= 0.3 is 0 Å². The van der Waals surface area contributed by atoms with E-state index >= 15 is 0 Å². The molecule has 0 saturated carbocycles. The molecule has 0 amide bonds. The summed E-state index contributed by atoms with van der Waals surface area (Å²) in [6, 6.07) is 12.3. The van der Waals surface area contributed by atoms with Gasteiger partial charge in [0, 0.05) is 12.8 Å². The number of allylic oxidation sites excluding steroid dienone is 1. The van der Waals surface area contributed by atoms with Gasteiger partial charge in [-0.05, 0) is 31.4 Å². The molecule has 136 valence electrons. The number of benzene rings is 1. The van der Waals surface area contributed by atoms with E-state index in [1.54, 1.807) is 6.08 Å². The fourth-order valence-corrected chi connectivity index (χ4v) is 3.98. The zero-order chi connectivity index (χ0) is 18.7. The van der Waals surface area contributed by atoms with E-state index < -0.39 is 15.3 Å². The number of aryl methyl sites for hydroxylation is 2. The Hall–Kier alpha value is -2.43. The van der Waals surface area contributed by atoms with Crippen molar-refractivity contribution in [3.63, 3.8) is 0 Å². The zero-order valence-electron chi connectivity index (χ0n) is 14.7. The number of nitrogens with two attached hydrogens (primary N) is 1. The first kappa shape index (κ1) is 18.4. The molecule has 2 aromatic rings. The standard InChI is InChI=1S/C19H22N4O2S/c1-14-4-6-15(7-5-14)19-13-16(3-2-12-20)22-23(19)17-8-10-18(11-9-17)26(21,24)25/h4-8,10,13,17-18H,2-3,9,11H2,1H3,(H2,21,24,25). The maximum atomic E-state index is 11.5. The van der Waals surface area contributed by atoms with Crippen molar-refractivity contribution < 1.29 is 8.42 Å². The van der Waals surface area contributed by atoms with Gasteiger partial charge in [-0.1, -0.05) is 42.0 Å². The summed E-state index contributed by atoms with van der Waals surface area (Å²) in [4.78, 5) is 0. The van der Waals surface area contributed by atoms with Gasteiger partial charge in [-0.3, -0.25) is 4.68 Å². The van der Waals surface area contributed by atoms with Crippen molar-refractivity contribution in [3.05, 3.63) is 53.7 Å². The second kappa shape index (κ2) is 7.44. The summed E-state index contributed by atoms with van der Waals surface area (Å²) in [5.74, 6) is 0. The van der Waals surface area contributed by atoms with Crippen LogP contribution < -0.4 is 5.14 Å². The van der Waals surface area contributed by atoms with E-state index in [-0.39, 0.29) is 6.04 Å². The summed E-state index contributed by atoms with van der Waals surface area (Å²) < 4.78 is 25.0. The van der Waals surface area contributed by atoms with Crippen molar-refractivity contribution in [2.75, 3.05) is 0 Å². The summed E-state index contributed by atoms with van der Waals surface area (Å²) in [5, 5.41) is 18.2. The summed E-state index contributed by atoms with van der Waals surface area (Å²) in [6.07, 6.45) is 5.67. The Balaban J connectivity index is 1.96. The van der Waals surface area contributed by atoms with Crippen molar-refractivity contribution in [1.82, 2.24) is 9.78 Å². The SMILES string of the molecule is Cc1ccc(-c2cc(CCC#N)nn2C2C=CC(S(N)(=O)=O)CC2)cc1. The highest BCUT2D eigenvalue weighted by molar-refractivity contribution is 7.89. The van der Waals surface area contributed by atoms with Crippen LogP contribution in [-0.4, -0.2) is 23.4 Å². The van der Waals surface area contributed by atoms with Crippen molar-refractivity contribution in [2.45, 2.75) is 43.9 Å². The van der Waals surface area contributed by atoms with Crippen LogP contribution >= 0.6 is 0 Å². The van der Waals surface area contributed by atoms with E-state index in [9.17, 15) is 8.42 Å². The normalized spacial score (nSPS) is 20.0. The highest BCUT2D eigenvalue weighted by atomic mass is 32.2.